The highest BCUT2D eigenvalue weighted by Gasteiger charge is 2.00. The Balaban J connectivity index is -0.000000421. The zero-order valence-corrected chi connectivity index (χ0v) is 25.3. The molecule has 3 N–H and O–H groups in total. The van der Waals surface area contributed by atoms with Crippen LogP contribution in [0.4, 0.5) is 0 Å². The zero-order chi connectivity index (χ0) is 29.1. The van der Waals surface area contributed by atoms with E-state index in [1.54, 1.807) is 30.7 Å². The Labute approximate surface area is 228 Å². The minimum absolute atomic E-state index is 0.329. The topological polar surface area (TPSA) is 83.9 Å². The zero-order valence-electron chi connectivity index (χ0n) is 25.3. The van der Waals surface area contributed by atoms with Crippen molar-refractivity contribution in [3.8, 4) is 5.75 Å². The molecule has 0 amide bonds. The van der Waals surface area contributed by atoms with Gasteiger partial charge < -0.3 is 10.8 Å². The summed E-state index contributed by atoms with van der Waals surface area (Å²) >= 11 is 0. The molecule has 2 aromatic rings. The van der Waals surface area contributed by atoms with Crippen molar-refractivity contribution in [1.29, 1.82) is 0 Å². The fourth-order valence-corrected chi connectivity index (χ4v) is 2.47. The van der Waals surface area contributed by atoms with Crippen LogP contribution in [0.5, 0.6) is 5.75 Å². The Bertz CT molecular complexity index is 854. The first kappa shape index (κ1) is 38.3. The van der Waals surface area contributed by atoms with Crippen LogP contribution in [0, 0.1) is 13.8 Å². The number of nitrogens with two attached hydrogens (primary N) is 1. The summed E-state index contributed by atoms with van der Waals surface area (Å²) in [6, 6.07) is 11.0. The number of unbranched alkanes of at least 4 members (excludes halogenated alkanes) is 4. The standard InChI is InChI=1S/C10H17N3.C7H8O.C7H16.C6H7N.C2H6/c1-6-12-9(7(2)3)10(11)13-8(4)5;1-6-2-4-7(8)5-3-6;1-3-5-7-6-4-2;1-6-2-4-7-5-3-6;1-2/h6H,2,11H2,1,3-5H3;2-5,8H,1H3;3-7H2,1-2H3;2-5H,1H3;1-2H3/b10-9+,12-6?;;;;. The van der Waals surface area contributed by atoms with Gasteiger partial charge in [-0.15, -0.1) is 0 Å². The van der Waals surface area contributed by atoms with E-state index in [-0.39, 0.29) is 0 Å². The van der Waals surface area contributed by atoms with Gasteiger partial charge in [0, 0.05) is 24.3 Å². The molecule has 1 aromatic carbocycles. The maximum absolute atomic E-state index is 8.76. The van der Waals surface area contributed by atoms with Crippen LogP contribution in [0.2, 0.25) is 0 Å². The summed E-state index contributed by atoms with van der Waals surface area (Å²) in [4.78, 5) is 12.1. The van der Waals surface area contributed by atoms with E-state index in [9.17, 15) is 0 Å². The van der Waals surface area contributed by atoms with Crippen LogP contribution in [-0.2, 0) is 0 Å². The van der Waals surface area contributed by atoms with Crippen molar-refractivity contribution in [1.82, 2.24) is 4.98 Å². The van der Waals surface area contributed by atoms with Crippen LogP contribution < -0.4 is 5.73 Å². The van der Waals surface area contributed by atoms with Gasteiger partial charge in [0.2, 0.25) is 0 Å². The summed E-state index contributed by atoms with van der Waals surface area (Å²) < 4.78 is 0. The average molecular weight is 511 g/mol. The van der Waals surface area contributed by atoms with E-state index in [1.807, 2.05) is 79.7 Å². The van der Waals surface area contributed by atoms with Crippen molar-refractivity contribution < 1.29 is 5.11 Å². The van der Waals surface area contributed by atoms with Gasteiger partial charge in [-0.3, -0.25) is 9.98 Å². The van der Waals surface area contributed by atoms with Crippen LogP contribution in [-0.4, -0.2) is 22.0 Å². The summed E-state index contributed by atoms with van der Waals surface area (Å²) in [5.41, 5.74) is 10.5. The molecule has 0 aliphatic heterocycles. The monoisotopic (exact) mass is 510 g/mol. The Kier molecular flexibility index (Phi) is 28.4. The highest BCUT2D eigenvalue weighted by molar-refractivity contribution is 5.80. The third kappa shape index (κ3) is 27.2. The number of phenols is 1. The lowest BCUT2D eigenvalue weighted by molar-refractivity contribution is 0.475. The molecule has 0 unspecified atom stereocenters. The second kappa shape index (κ2) is 27.4. The van der Waals surface area contributed by atoms with E-state index in [1.165, 1.54) is 43.2 Å². The first-order valence-electron chi connectivity index (χ1n) is 13.4. The molecule has 0 aliphatic carbocycles. The number of phenolic OH excluding ortho intramolecular Hbond substituents is 1. The van der Waals surface area contributed by atoms with Crippen molar-refractivity contribution in [2.45, 2.75) is 101 Å². The Morgan fingerprint density at radius 1 is 0.892 bits per heavy atom. The number of aliphatic imine (C=N–C) groups is 2. The number of pyridine rings is 1. The molecule has 0 atom stereocenters. The molecule has 5 heteroatoms. The van der Waals surface area contributed by atoms with Crippen molar-refractivity contribution in [3.05, 3.63) is 83.6 Å². The highest BCUT2D eigenvalue weighted by Crippen LogP contribution is 2.12. The molecule has 37 heavy (non-hydrogen) atoms. The highest BCUT2D eigenvalue weighted by atomic mass is 16.3. The van der Waals surface area contributed by atoms with Gasteiger partial charge in [0.15, 0.2) is 0 Å². The summed E-state index contributed by atoms with van der Waals surface area (Å²) in [6.45, 7) is 23.8. The normalized spacial score (nSPS) is 10.0. The van der Waals surface area contributed by atoms with Crippen LogP contribution in [0.25, 0.3) is 0 Å². The maximum Gasteiger partial charge on any atom is 0.149 e. The predicted molar refractivity (Wildman–Crippen MR) is 167 cm³/mol. The SMILES string of the molecule is C=C(C)/C(N=CC)=C(/N)N=C(C)C.CC.CCCCCCC.Cc1ccc(O)cc1.Cc1ccncc1. The smallest absolute Gasteiger partial charge is 0.149 e. The van der Waals surface area contributed by atoms with Gasteiger partial charge in [-0.05, 0) is 76.9 Å². The van der Waals surface area contributed by atoms with Crippen molar-refractivity contribution in [2.75, 3.05) is 0 Å². The van der Waals surface area contributed by atoms with Crippen molar-refractivity contribution in [3.63, 3.8) is 0 Å². The molecule has 0 fully saturated rings. The number of aromatic hydroxyl groups is 1. The number of hydrogen-bond acceptors (Lipinski definition) is 5. The molecule has 2 rings (SSSR count). The quantitative estimate of drug-likeness (QED) is 0.221. The van der Waals surface area contributed by atoms with E-state index >= 15 is 0 Å². The molecule has 1 heterocycles. The predicted octanol–water partition coefficient (Wildman–Crippen LogP) is 9.36. The Morgan fingerprint density at radius 3 is 1.65 bits per heavy atom. The molecule has 1 aromatic heterocycles. The van der Waals surface area contributed by atoms with Crippen molar-refractivity contribution >= 4 is 11.9 Å². The van der Waals surface area contributed by atoms with Crippen LogP contribution in [0.1, 0.15) is 98.6 Å². The molecule has 5 nitrogen and oxygen atoms in total. The molecular weight excluding hydrogens is 456 g/mol. The minimum atomic E-state index is 0.329. The Hall–Kier alpha value is -3.21. The molecular formula is C32H54N4O. The van der Waals surface area contributed by atoms with E-state index in [2.05, 4.69) is 35.4 Å². The summed E-state index contributed by atoms with van der Waals surface area (Å²) in [6.07, 6.45) is 12.3. The van der Waals surface area contributed by atoms with E-state index in [0.717, 1.165) is 11.3 Å². The summed E-state index contributed by atoms with van der Waals surface area (Å²) in [5, 5.41) is 8.76. The molecule has 0 saturated carbocycles. The number of benzene rings is 1. The lowest BCUT2D eigenvalue weighted by Gasteiger charge is -2.02. The number of rotatable bonds is 7. The second-order valence-corrected chi connectivity index (χ2v) is 8.38. The Morgan fingerprint density at radius 2 is 1.35 bits per heavy atom. The third-order valence-corrected chi connectivity index (χ3v) is 4.34. The molecule has 0 aliphatic rings. The lowest BCUT2D eigenvalue weighted by Crippen LogP contribution is -2.01. The van der Waals surface area contributed by atoms with Crippen LogP contribution >= 0.6 is 0 Å². The summed E-state index contributed by atoms with van der Waals surface area (Å²) in [7, 11) is 0. The van der Waals surface area contributed by atoms with Gasteiger partial charge in [-0.25, -0.2) is 4.99 Å². The average Bonchev–Trinajstić information content (AvgIpc) is 2.87. The van der Waals surface area contributed by atoms with Gasteiger partial charge in [-0.1, -0.05) is 84.1 Å². The number of aromatic nitrogens is 1. The number of aryl methyl sites for hydroxylation is 2. The third-order valence-electron chi connectivity index (χ3n) is 4.34. The van der Waals surface area contributed by atoms with Crippen molar-refractivity contribution in [2.24, 2.45) is 15.7 Å². The van der Waals surface area contributed by atoms with Gasteiger partial charge in [0.25, 0.3) is 0 Å². The number of nitrogens with zero attached hydrogens (tertiary/aromatic N) is 3. The van der Waals surface area contributed by atoms with Gasteiger partial charge in [0.1, 0.15) is 17.3 Å². The fourth-order valence-electron chi connectivity index (χ4n) is 2.47. The number of hydrogen-bond donors (Lipinski definition) is 2. The maximum atomic E-state index is 8.76. The minimum Gasteiger partial charge on any atom is -0.508 e. The lowest BCUT2D eigenvalue weighted by atomic mass is 10.2. The second-order valence-electron chi connectivity index (χ2n) is 8.38. The first-order chi connectivity index (χ1) is 17.6. The molecule has 0 spiro atoms. The van der Waals surface area contributed by atoms with Crippen LogP contribution in [0.15, 0.2) is 82.4 Å². The van der Waals surface area contributed by atoms with Crippen LogP contribution in [0.3, 0.4) is 0 Å². The molecule has 0 saturated heterocycles. The first-order valence-corrected chi connectivity index (χ1v) is 13.4. The largest absolute Gasteiger partial charge is 0.508 e. The van der Waals surface area contributed by atoms with Gasteiger partial charge in [0.05, 0.1) is 0 Å². The number of allylic oxidation sites excluding steroid dienone is 1. The van der Waals surface area contributed by atoms with E-state index < -0.39 is 0 Å². The van der Waals surface area contributed by atoms with E-state index in [4.69, 9.17) is 10.8 Å². The molecule has 0 radical (unpaired) electrons. The summed E-state index contributed by atoms with van der Waals surface area (Å²) in [5.74, 6) is 0.751. The van der Waals surface area contributed by atoms with Gasteiger partial charge in [-0.2, -0.15) is 0 Å². The van der Waals surface area contributed by atoms with Gasteiger partial charge >= 0.3 is 0 Å². The molecule has 208 valence electrons. The van der Waals surface area contributed by atoms with E-state index in [0.29, 0.717) is 17.3 Å². The fraction of sp³-hybridized carbons (Fsp3) is 0.469. The molecule has 0 bridgehead atoms.